The van der Waals surface area contributed by atoms with Gasteiger partial charge in [0.2, 0.25) is 0 Å². The van der Waals surface area contributed by atoms with Crippen LogP contribution in [0, 0.1) is 0 Å². The summed E-state index contributed by atoms with van der Waals surface area (Å²) >= 11 is 0. The monoisotopic (exact) mass is 559 g/mol. The van der Waals surface area contributed by atoms with Crippen LogP contribution in [0.1, 0.15) is 62.8 Å². The van der Waals surface area contributed by atoms with Crippen molar-refractivity contribution < 1.29 is 0 Å². The number of para-hydroxylation sites is 2. The molecule has 4 aliphatic rings. The lowest BCUT2D eigenvalue weighted by atomic mass is 9.66. The predicted octanol–water partition coefficient (Wildman–Crippen LogP) is 9.44. The number of hydrogen-bond acceptors (Lipinski definition) is 1. The van der Waals surface area contributed by atoms with Gasteiger partial charge in [-0.25, -0.2) is 0 Å². The largest absolute Gasteiger partial charge is 0.309 e. The fourth-order valence-corrected chi connectivity index (χ4v) is 14.8. The van der Waals surface area contributed by atoms with E-state index in [1.807, 2.05) is 0 Å². The van der Waals surface area contributed by atoms with E-state index in [0.29, 0.717) is 0 Å². The first kappa shape index (κ1) is 24.7. The summed E-state index contributed by atoms with van der Waals surface area (Å²) in [6, 6.07) is 42.9. The lowest BCUT2D eigenvalue weighted by Gasteiger charge is -2.49. The van der Waals surface area contributed by atoms with Gasteiger partial charge in [0.15, 0.2) is 0 Å². The average Bonchev–Trinajstić information content (AvgIpc) is 3.61. The van der Waals surface area contributed by atoms with Crippen LogP contribution in [0.2, 0.25) is 12.1 Å². The van der Waals surface area contributed by atoms with Crippen molar-refractivity contribution in [3.63, 3.8) is 0 Å². The van der Waals surface area contributed by atoms with Crippen molar-refractivity contribution in [1.82, 2.24) is 0 Å². The van der Waals surface area contributed by atoms with Crippen LogP contribution in [-0.4, -0.2) is 8.07 Å². The van der Waals surface area contributed by atoms with E-state index in [1.54, 1.807) is 10.4 Å². The molecule has 0 aromatic heterocycles. The van der Waals surface area contributed by atoms with Gasteiger partial charge in [-0.15, -0.1) is 0 Å². The van der Waals surface area contributed by atoms with Crippen molar-refractivity contribution in [3.8, 4) is 22.3 Å². The molecule has 1 nitrogen and oxygen atoms in total. The third-order valence-electron chi connectivity index (χ3n) is 11.4. The fraction of sp³-hybridized carbons (Fsp3) is 0.250. The summed E-state index contributed by atoms with van der Waals surface area (Å²) in [6.45, 7) is 9.61. The Hall–Kier alpha value is -3.88. The normalized spacial score (nSPS) is 19.1. The quantitative estimate of drug-likeness (QED) is 0.185. The Labute approximate surface area is 250 Å². The summed E-state index contributed by atoms with van der Waals surface area (Å²) in [5, 5.41) is 3.39. The van der Waals surface area contributed by atoms with Crippen molar-refractivity contribution in [2.24, 2.45) is 0 Å². The Morgan fingerprint density at radius 1 is 0.524 bits per heavy atom. The Balaban J connectivity index is 1.24. The Bertz CT molecular complexity index is 1960. The van der Waals surface area contributed by atoms with E-state index in [0.717, 1.165) is 0 Å². The SMILES string of the molecule is CC1(C)c2ccccc2N2c3ccc(-c4ccc5c(c4)-c4ccccc4[Si]54CCCC4)cc3C(C)(C)c3cccc1c32. The zero-order valence-electron chi connectivity index (χ0n) is 25.1. The second-order valence-corrected chi connectivity index (χ2v) is 18.4. The maximum absolute atomic E-state index is 2.56. The van der Waals surface area contributed by atoms with E-state index in [2.05, 4.69) is 136 Å². The molecule has 5 aromatic rings. The van der Waals surface area contributed by atoms with E-state index in [9.17, 15) is 0 Å². The molecule has 206 valence electrons. The number of nitrogens with zero attached hydrogens (tertiary/aromatic N) is 1. The molecule has 0 N–H and O–H groups in total. The van der Waals surface area contributed by atoms with Crippen LogP contribution in [0.3, 0.4) is 0 Å². The molecule has 0 bridgehead atoms. The predicted molar refractivity (Wildman–Crippen MR) is 180 cm³/mol. The second kappa shape index (κ2) is 8.14. The van der Waals surface area contributed by atoms with Crippen molar-refractivity contribution in [2.75, 3.05) is 4.90 Å². The molecule has 1 saturated heterocycles. The van der Waals surface area contributed by atoms with Crippen LogP contribution >= 0.6 is 0 Å². The zero-order valence-corrected chi connectivity index (χ0v) is 26.1. The molecule has 5 aromatic carbocycles. The molecule has 0 amide bonds. The van der Waals surface area contributed by atoms with Gasteiger partial charge in [-0.05, 0) is 91.2 Å². The van der Waals surface area contributed by atoms with Gasteiger partial charge < -0.3 is 4.90 Å². The minimum atomic E-state index is -1.59. The molecule has 42 heavy (non-hydrogen) atoms. The number of hydrogen-bond donors (Lipinski definition) is 0. The topological polar surface area (TPSA) is 3.24 Å². The van der Waals surface area contributed by atoms with Gasteiger partial charge in [0.1, 0.15) is 8.07 Å². The zero-order chi connectivity index (χ0) is 28.4. The summed E-state index contributed by atoms with van der Waals surface area (Å²) in [6.07, 6.45) is 2.78. The summed E-state index contributed by atoms with van der Waals surface area (Å²) in [5.41, 5.74) is 15.2. The molecule has 4 aliphatic heterocycles. The molecule has 9 rings (SSSR count). The fourth-order valence-electron chi connectivity index (χ4n) is 9.22. The molecule has 0 aliphatic carbocycles. The first-order chi connectivity index (χ1) is 20.3. The highest BCUT2D eigenvalue weighted by molar-refractivity contribution is 7.06. The van der Waals surface area contributed by atoms with Crippen LogP contribution in [0.5, 0.6) is 0 Å². The van der Waals surface area contributed by atoms with Crippen molar-refractivity contribution in [2.45, 2.75) is 63.5 Å². The van der Waals surface area contributed by atoms with Crippen LogP contribution in [0.25, 0.3) is 22.3 Å². The molecule has 1 spiro atoms. The first-order valence-corrected chi connectivity index (χ1v) is 18.2. The molecule has 1 fully saturated rings. The number of fused-ring (bicyclic) bond motifs is 9. The van der Waals surface area contributed by atoms with Gasteiger partial charge in [-0.3, -0.25) is 0 Å². The minimum Gasteiger partial charge on any atom is -0.309 e. The van der Waals surface area contributed by atoms with Crippen molar-refractivity contribution in [1.29, 1.82) is 0 Å². The van der Waals surface area contributed by atoms with Gasteiger partial charge in [0, 0.05) is 10.8 Å². The van der Waals surface area contributed by atoms with Gasteiger partial charge in [0.05, 0.1) is 17.1 Å². The number of benzene rings is 5. The Kier molecular flexibility index (Phi) is 4.79. The molecule has 0 saturated carbocycles. The smallest absolute Gasteiger partial charge is 0.119 e. The van der Waals surface area contributed by atoms with E-state index in [4.69, 9.17) is 0 Å². The third kappa shape index (κ3) is 2.94. The maximum atomic E-state index is 2.56. The summed E-state index contributed by atoms with van der Waals surface area (Å²) in [5.74, 6) is 0. The van der Waals surface area contributed by atoms with Gasteiger partial charge in [0.25, 0.3) is 0 Å². The summed E-state index contributed by atoms with van der Waals surface area (Å²) < 4.78 is 0. The first-order valence-electron chi connectivity index (χ1n) is 15.8. The highest BCUT2D eigenvalue weighted by Gasteiger charge is 2.48. The average molecular weight is 560 g/mol. The Morgan fingerprint density at radius 2 is 1.12 bits per heavy atom. The highest BCUT2D eigenvalue weighted by atomic mass is 28.3. The summed E-state index contributed by atoms with van der Waals surface area (Å²) in [4.78, 5) is 2.56. The highest BCUT2D eigenvalue weighted by Crippen LogP contribution is 2.60. The van der Waals surface area contributed by atoms with E-state index in [1.165, 1.54) is 86.5 Å². The molecule has 4 heterocycles. The van der Waals surface area contributed by atoms with Crippen molar-refractivity contribution in [3.05, 3.63) is 125 Å². The van der Waals surface area contributed by atoms with E-state index >= 15 is 0 Å². The maximum Gasteiger partial charge on any atom is 0.119 e. The van der Waals surface area contributed by atoms with Crippen LogP contribution in [0.4, 0.5) is 17.1 Å². The van der Waals surface area contributed by atoms with Crippen molar-refractivity contribution >= 4 is 35.5 Å². The standard InChI is InChI=1S/C40H37NSi/c1-39(2)30-13-6-7-16-34(30)41-35-20-18-27(25-33(35)40(3,4)32-15-11-14-31(39)38(32)41)26-19-21-37-29(24-26)28-12-5-8-17-36(28)42(37)22-9-10-23-42/h5-8,11-21,24-25H,9-10,22-23H2,1-4H3. The molecule has 0 unspecified atom stereocenters. The molecule has 0 radical (unpaired) electrons. The van der Waals surface area contributed by atoms with Gasteiger partial charge >= 0.3 is 0 Å². The minimum absolute atomic E-state index is 0.0489. The molecule has 0 atom stereocenters. The van der Waals surface area contributed by atoms with E-state index in [-0.39, 0.29) is 10.8 Å². The number of anilines is 3. The lowest BCUT2D eigenvalue weighted by molar-refractivity contribution is 0.597. The van der Waals surface area contributed by atoms with E-state index < -0.39 is 8.07 Å². The number of rotatable bonds is 1. The van der Waals surface area contributed by atoms with Gasteiger partial charge in [-0.1, -0.05) is 119 Å². The lowest BCUT2D eigenvalue weighted by Crippen LogP contribution is -2.52. The third-order valence-corrected chi connectivity index (χ3v) is 16.7. The van der Waals surface area contributed by atoms with Gasteiger partial charge in [-0.2, -0.15) is 0 Å². The Morgan fingerprint density at radius 3 is 1.93 bits per heavy atom. The van der Waals surface area contributed by atoms with Crippen LogP contribution in [0.15, 0.2) is 103 Å². The second-order valence-electron chi connectivity index (χ2n) is 14.1. The molecular formula is C40H37NSi. The molecular weight excluding hydrogens is 523 g/mol. The summed E-state index contributed by atoms with van der Waals surface area (Å²) in [7, 11) is -1.59. The van der Waals surface area contributed by atoms with Crippen LogP contribution in [-0.2, 0) is 10.8 Å². The van der Waals surface area contributed by atoms with Crippen LogP contribution < -0.4 is 15.3 Å². The molecule has 2 heteroatoms.